The zero-order chi connectivity index (χ0) is 24.7. The molecule has 34 heavy (non-hydrogen) atoms. The molecule has 0 amide bonds. The number of carbonyl (C=O) groups excluding carboxylic acids is 2. The molecular formula is C28H34N2O4. The number of aromatic hydroxyl groups is 1. The van der Waals surface area contributed by atoms with Crippen molar-refractivity contribution in [1.82, 2.24) is 4.57 Å². The second-order valence-electron chi connectivity index (χ2n) is 9.02. The van der Waals surface area contributed by atoms with Crippen LogP contribution in [0.5, 0.6) is 11.5 Å². The van der Waals surface area contributed by atoms with Gasteiger partial charge in [0.15, 0.2) is 17.3 Å². The summed E-state index contributed by atoms with van der Waals surface area (Å²) in [6.45, 7) is 6.39. The standard InChI is InChI=1S/C28H34N2O4/c1-5-6-7-8-21(31)17-22(32)11-10-20-15-26(28(33)27(16-20)34-4)30-18-24-23(13-14-29-24)25(30)12-9-19(2)3/h10-16,18-19,33H,5-9,17H2,1-4H3. The first-order chi connectivity index (χ1) is 16.3. The molecule has 0 atom stereocenters. The lowest BCUT2D eigenvalue weighted by Gasteiger charge is -2.13. The van der Waals surface area contributed by atoms with Crippen molar-refractivity contribution in [3.8, 4) is 17.2 Å². The van der Waals surface area contributed by atoms with Crippen LogP contribution in [0.4, 0.5) is 5.69 Å². The molecule has 1 N–H and O–H groups in total. The van der Waals surface area contributed by atoms with E-state index in [1.807, 2.05) is 16.8 Å². The molecule has 1 aliphatic rings. The molecule has 2 aromatic rings. The Morgan fingerprint density at radius 2 is 2.03 bits per heavy atom. The molecule has 1 aromatic carbocycles. The van der Waals surface area contributed by atoms with Gasteiger partial charge >= 0.3 is 0 Å². The summed E-state index contributed by atoms with van der Waals surface area (Å²) in [5, 5.41) is 12.9. The van der Waals surface area contributed by atoms with Crippen molar-refractivity contribution in [2.24, 2.45) is 10.9 Å². The minimum atomic E-state index is -0.232. The van der Waals surface area contributed by atoms with Gasteiger partial charge in [0.2, 0.25) is 0 Å². The largest absolute Gasteiger partial charge is 0.503 e. The average molecular weight is 463 g/mol. The van der Waals surface area contributed by atoms with Gasteiger partial charge < -0.3 is 14.4 Å². The number of hydrogen-bond donors (Lipinski definition) is 1. The zero-order valence-electron chi connectivity index (χ0n) is 20.5. The summed E-state index contributed by atoms with van der Waals surface area (Å²) in [5.74, 6) is 0.528. The van der Waals surface area contributed by atoms with E-state index in [1.54, 1.807) is 24.4 Å². The van der Waals surface area contributed by atoms with Gasteiger partial charge in [-0.15, -0.1) is 0 Å². The Bertz CT molecular complexity index is 1230. The molecule has 6 heteroatoms. The Labute approximate surface area is 201 Å². The number of rotatable bonds is 12. The molecule has 0 unspecified atom stereocenters. The first-order valence-electron chi connectivity index (χ1n) is 11.9. The predicted molar refractivity (Wildman–Crippen MR) is 138 cm³/mol. The maximum atomic E-state index is 12.3. The Kier molecular flexibility index (Phi) is 8.63. The number of benzene rings is 1. The molecule has 180 valence electrons. The van der Waals surface area contributed by atoms with Crippen LogP contribution in [0.25, 0.3) is 23.9 Å². The van der Waals surface area contributed by atoms with Crippen LogP contribution in [0, 0.1) is 5.92 Å². The summed E-state index contributed by atoms with van der Waals surface area (Å²) >= 11 is 0. The van der Waals surface area contributed by atoms with Crippen molar-refractivity contribution in [2.75, 3.05) is 7.11 Å². The number of carbonyl (C=O) groups is 2. The van der Waals surface area contributed by atoms with Crippen molar-refractivity contribution in [3.05, 3.63) is 40.5 Å². The van der Waals surface area contributed by atoms with Gasteiger partial charge in [-0.2, -0.15) is 0 Å². The minimum Gasteiger partial charge on any atom is -0.503 e. The van der Waals surface area contributed by atoms with E-state index in [4.69, 9.17) is 4.74 Å². The topological polar surface area (TPSA) is 80.9 Å². The Hall–Kier alpha value is -3.41. The van der Waals surface area contributed by atoms with Gasteiger partial charge in [-0.1, -0.05) is 45.8 Å². The van der Waals surface area contributed by atoms with E-state index in [9.17, 15) is 14.7 Å². The summed E-state index contributed by atoms with van der Waals surface area (Å²) in [6, 6.07) is 3.47. The van der Waals surface area contributed by atoms with Crippen LogP contribution in [0.2, 0.25) is 0 Å². The fourth-order valence-corrected chi connectivity index (χ4v) is 3.90. The summed E-state index contributed by atoms with van der Waals surface area (Å²) in [5.41, 5.74) is 2.06. The van der Waals surface area contributed by atoms with E-state index in [1.165, 1.54) is 13.2 Å². The number of nitrogens with zero attached hydrogens (tertiary/aromatic N) is 2. The van der Waals surface area contributed by atoms with E-state index in [0.29, 0.717) is 29.3 Å². The number of aromatic nitrogens is 1. The molecule has 0 spiro atoms. The molecule has 0 saturated carbocycles. The van der Waals surface area contributed by atoms with Crippen LogP contribution in [0.1, 0.15) is 64.9 Å². The summed E-state index contributed by atoms with van der Waals surface area (Å²) in [4.78, 5) is 28.7. The third kappa shape index (κ3) is 6.13. The predicted octanol–water partition coefficient (Wildman–Crippen LogP) is 4.64. The number of hydrogen-bond acceptors (Lipinski definition) is 5. The molecule has 6 nitrogen and oxygen atoms in total. The molecule has 1 aliphatic heterocycles. The fourth-order valence-electron chi connectivity index (χ4n) is 3.90. The zero-order valence-corrected chi connectivity index (χ0v) is 20.5. The first kappa shape index (κ1) is 25.2. The fraction of sp³-hybridized carbons (Fsp3) is 0.393. The second kappa shape index (κ2) is 11.6. The molecule has 0 fully saturated rings. The smallest absolute Gasteiger partial charge is 0.182 e. The molecule has 0 aliphatic carbocycles. The maximum absolute atomic E-state index is 12.3. The molecule has 3 rings (SSSR count). The van der Waals surface area contributed by atoms with Gasteiger partial charge in [-0.3, -0.25) is 14.6 Å². The van der Waals surface area contributed by atoms with Gasteiger partial charge in [0.1, 0.15) is 5.78 Å². The van der Waals surface area contributed by atoms with Crippen molar-refractivity contribution < 1.29 is 19.4 Å². The number of methoxy groups -OCH3 is 1. The van der Waals surface area contributed by atoms with E-state index in [0.717, 1.165) is 41.9 Å². The van der Waals surface area contributed by atoms with Crippen LogP contribution in [0.15, 0.2) is 29.4 Å². The third-order valence-corrected chi connectivity index (χ3v) is 5.75. The number of unbranched alkanes of at least 4 members (excludes halogenated alkanes) is 2. The maximum Gasteiger partial charge on any atom is 0.182 e. The number of ketones is 2. The molecule has 1 aromatic heterocycles. The number of phenols is 1. The van der Waals surface area contributed by atoms with Gasteiger partial charge in [-0.05, 0) is 48.6 Å². The average Bonchev–Trinajstić information content (AvgIpc) is 3.38. The van der Waals surface area contributed by atoms with Gasteiger partial charge in [0.05, 0.1) is 30.3 Å². The van der Waals surface area contributed by atoms with Gasteiger partial charge in [0.25, 0.3) is 0 Å². The van der Waals surface area contributed by atoms with E-state index in [-0.39, 0.29) is 23.7 Å². The number of aliphatic imine (C=N–C) groups is 1. The quantitative estimate of drug-likeness (QED) is 0.283. The second-order valence-corrected chi connectivity index (χ2v) is 9.02. The third-order valence-electron chi connectivity index (χ3n) is 5.75. The number of allylic oxidation sites excluding steroid dienone is 1. The highest BCUT2D eigenvalue weighted by Gasteiger charge is 2.16. The molecular weight excluding hydrogens is 428 g/mol. The number of ether oxygens (including phenoxy) is 1. The number of phenolic OH excluding ortho intramolecular Hbond substituents is 1. The Morgan fingerprint density at radius 1 is 1.24 bits per heavy atom. The van der Waals surface area contributed by atoms with E-state index in [2.05, 4.69) is 31.8 Å². The van der Waals surface area contributed by atoms with Crippen molar-refractivity contribution in [3.63, 3.8) is 0 Å². The van der Waals surface area contributed by atoms with E-state index < -0.39 is 0 Å². The summed E-state index contributed by atoms with van der Waals surface area (Å²) in [6.07, 6.45) is 15.0. The summed E-state index contributed by atoms with van der Waals surface area (Å²) < 4.78 is 7.32. The number of fused-ring (bicyclic) bond motifs is 1. The lowest BCUT2D eigenvalue weighted by atomic mass is 10.1. The highest BCUT2D eigenvalue weighted by Crippen LogP contribution is 2.34. The van der Waals surface area contributed by atoms with Crippen molar-refractivity contribution in [2.45, 2.75) is 59.3 Å². The van der Waals surface area contributed by atoms with Crippen LogP contribution < -0.4 is 15.3 Å². The molecule has 0 radical (unpaired) electrons. The minimum absolute atomic E-state index is 0.00827. The van der Waals surface area contributed by atoms with Crippen molar-refractivity contribution >= 4 is 41.7 Å². The SMILES string of the molecule is CCCCCC(=O)CC(=O)C=Cc1cc(OC)c(O)c(-n2cc3c(c2=CCC(C)C)=CC=N3)c1. The van der Waals surface area contributed by atoms with Crippen molar-refractivity contribution in [1.29, 1.82) is 0 Å². The van der Waals surface area contributed by atoms with Crippen LogP contribution in [0.3, 0.4) is 0 Å². The van der Waals surface area contributed by atoms with Gasteiger partial charge in [0, 0.05) is 24.1 Å². The van der Waals surface area contributed by atoms with Gasteiger partial charge in [-0.25, -0.2) is 0 Å². The van der Waals surface area contributed by atoms with E-state index >= 15 is 0 Å². The molecule has 0 bridgehead atoms. The normalized spacial score (nSPS) is 13.0. The highest BCUT2D eigenvalue weighted by atomic mass is 16.5. The summed E-state index contributed by atoms with van der Waals surface area (Å²) in [7, 11) is 1.49. The molecule has 0 saturated heterocycles. The van der Waals surface area contributed by atoms with Crippen LogP contribution >= 0.6 is 0 Å². The Balaban J connectivity index is 1.93. The van der Waals surface area contributed by atoms with Crippen LogP contribution in [-0.4, -0.2) is 34.6 Å². The molecule has 2 heterocycles. The highest BCUT2D eigenvalue weighted by molar-refractivity contribution is 6.06. The number of Topliss-reactive ketones (excluding diaryl/α,β-unsaturated/α-hetero) is 1. The first-order valence-corrected chi connectivity index (χ1v) is 11.9. The van der Waals surface area contributed by atoms with Crippen LogP contribution in [-0.2, 0) is 9.59 Å². The lowest BCUT2D eigenvalue weighted by Crippen LogP contribution is -2.28. The lowest BCUT2D eigenvalue weighted by molar-refractivity contribution is -0.124. The Morgan fingerprint density at radius 3 is 2.74 bits per heavy atom. The monoisotopic (exact) mass is 462 g/mol.